The highest BCUT2D eigenvalue weighted by Crippen LogP contribution is 2.45. The van der Waals surface area contributed by atoms with Crippen LogP contribution < -0.4 is 16.2 Å². The van der Waals surface area contributed by atoms with Crippen molar-refractivity contribution >= 4 is 117 Å². The van der Waals surface area contributed by atoms with Crippen molar-refractivity contribution in [3.63, 3.8) is 0 Å². The molecule has 280 valence electrons. The van der Waals surface area contributed by atoms with Crippen molar-refractivity contribution in [1.82, 2.24) is 4.57 Å². The smallest absolute Gasteiger partial charge is 0.198 e. The van der Waals surface area contributed by atoms with Crippen molar-refractivity contribution in [2.75, 3.05) is 5.32 Å². The van der Waals surface area contributed by atoms with Crippen molar-refractivity contribution in [2.45, 2.75) is 33.1 Å². The number of hydrogen-bond acceptors (Lipinski definition) is 4. The van der Waals surface area contributed by atoms with Gasteiger partial charge in [0.25, 0.3) is 0 Å². The zero-order valence-corrected chi connectivity index (χ0v) is 33.2. The van der Waals surface area contributed by atoms with Crippen LogP contribution in [0.3, 0.4) is 0 Å². The van der Waals surface area contributed by atoms with E-state index in [0.29, 0.717) is 0 Å². The van der Waals surface area contributed by atoms with Crippen LogP contribution in [0.25, 0.3) is 104 Å². The van der Waals surface area contributed by atoms with Gasteiger partial charge in [0.2, 0.25) is 0 Å². The number of fused-ring (bicyclic) bond motifs is 14. The predicted octanol–water partition coefficient (Wildman–Crippen LogP) is 13.2. The summed E-state index contributed by atoms with van der Waals surface area (Å²) in [7, 11) is 0.744. The summed E-state index contributed by atoms with van der Waals surface area (Å²) in [5, 5.41) is 13.1. The molecule has 12 aromatic rings. The molecule has 0 radical (unpaired) electrons. The third-order valence-corrected chi connectivity index (χ3v) is 12.9. The van der Waals surface area contributed by atoms with Gasteiger partial charge in [-0.15, -0.1) is 0 Å². The quantitative estimate of drug-likeness (QED) is 0.182. The van der Waals surface area contributed by atoms with E-state index in [1.54, 1.807) is 0 Å². The molecule has 0 amide bonds. The molecule has 13 rings (SSSR count). The SMILES string of the molecule is Cc1cc(-c2cc3c(cc2Nc2ccc(C(C)(C)C)cc2)oc2ccccc23)c2c3c1c1cc4c(cc1n3-c1cc3c(cc1B2)oc1ccccc13)oc1ccccc14. The van der Waals surface area contributed by atoms with Crippen molar-refractivity contribution in [3.8, 4) is 16.8 Å². The van der Waals surface area contributed by atoms with Gasteiger partial charge in [0, 0.05) is 77.7 Å². The monoisotopic (exact) mass is 760 g/mol. The number of benzene rings is 8. The van der Waals surface area contributed by atoms with Gasteiger partial charge in [0.15, 0.2) is 7.28 Å². The van der Waals surface area contributed by atoms with E-state index >= 15 is 0 Å². The lowest BCUT2D eigenvalue weighted by Crippen LogP contribution is -2.37. The Labute approximate surface area is 339 Å². The van der Waals surface area contributed by atoms with Crippen LogP contribution in [-0.4, -0.2) is 11.8 Å². The zero-order valence-electron chi connectivity index (χ0n) is 33.2. The molecule has 0 atom stereocenters. The van der Waals surface area contributed by atoms with Gasteiger partial charge < -0.3 is 23.1 Å². The van der Waals surface area contributed by atoms with Crippen LogP contribution in [0, 0.1) is 6.92 Å². The molecule has 0 aliphatic carbocycles. The first kappa shape index (κ1) is 32.9. The average Bonchev–Trinajstić information content (AvgIpc) is 3.99. The number of aryl methyl sites for hydroxylation is 1. The third-order valence-electron chi connectivity index (χ3n) is 12.9. The van der Waals surface area contributed by atoms with Crippen molar-refractivity contribution in [3.05, 3.63) is 151 Å². The number of anilines is 2. The van der Waals surface area contributed by atoms with Crippen LogP contribution >= 0.6 is 0 Å². The number of hydrogen-bond donors (Lipinski definition) is 1. The Hall–Kier alpha value is -7.18. The van der Waals surface area contributed by atoms with Gasteiger partial charge in [-0.2, -0.15) is 0 Å². The molecule has 8 aromatic carbocycles. The lowest BCUT2D eigenvalue weighted by molar-refractivity contribution is 0.590. The van der Waals surface area contributed by atoms with E-state index in [2.05, 4.69) is 159 Å². The van der Waals surface area contributed by atoms with Gasteiger partial charge in [-0.1, -0.05) is 99.0 Å². The zero-order chi connectivity index (χ0) is 39.3. The second kappa shape index (κ2) is 11.5. The largest absolute Gasteiger partial charge is 0.456 e. The second-order valence-electron chi connectivity index (χ2n) is 17.4. The average molecular weight is 761 g/mol. The van der Waals surface area contributed by atoms with Crippen LogP contribution in [0.2, 0.25) is 0 Å². The normalized spacial score (nSPS) is 12.9. The Balaban J connectivity index is 1.13. The first-order chi connectivity index (χ1) is 28.7. The van der Waals surface area contributed by atoms with Crippen LogP contribution in [0.15, 0.2) is 153 Å². The molecule has 5 heterocycles. The molecule has 0 fully saturated rings. The highest BCUT2D eigenvalue weighted by atomic mass is 16.3. The number of aromatic nitrogens is 1. The molecule has 59 heavy (non-hydrogen) atoms. The number of para-hydroxylation sites is 3. The van der Waals surface area contributed by atoms with E-state index in [0.717, 1.165) is 95.5 Å². The Morgan fingerprint density at radius 2 is 1.10 bits per heavy atom. The minimum atomic E-state index is 0.0603. The molecule has 0 saturated carbocycles. The molecule has 1 N–H and O–H groups in total. The minimum Gasteiger partial charge on any atom is -0.456 e. The Morgan fingerprint density at radius 3 is 1.75 bits per heavy atom. The summed E-state index contributed by atoms with van der Waals surface area (Å²) < 4.78 is 22.1. The molecule has 0 saturated heterocycles. The predicted molar refractivity (Wildman–Crippen MR) is 248 cm³/mol. The van der Waals surface area contributed by atoms with Crippen molar-refractivity contribution in [1.29, 1.82) is 0 Å². The molecule has 6 heteroatoms. The van der Waals surface area contributed by atoms with E-state index in [-0.39, 0.29) is 5.41 Å². The molecule has 0 bridgehead atoms. The molecule has 1 aliphatic heterocycles. The topological polar surface area (TPSA) is 56.4 Å². The van der Waals surface area contributed by atoms with E-state index in [4.69, 9.17) is 13.3 Å². The fourth-order valence-corrected chi connectivity index (χ4v) is 10.0. The molecular weight excluding hydrogens is 723 g/mol. The summed E-state index contributed by atoms with van der Waals surface area (Å²) in [5.41, 5.74) is 18.3. The van der Waals surface area contributed by atoms with E-state index in [9.17, 15) is 0 Å². The number of nitrogens with one attached hydrogen (secondary N) is 1. The van der Waals surface area contributed by atoms with Gasteiger partial charge in [-0.25, -0.2) is 0 Å². The number of furan rings is 3. The number of rotatable bonds is 3. The molecule has 4 aromatic heterocycles. The first-order valence-corrected chi connectivity index (χ1v) is 20.4. The third kappa shape index (κ3) is 4.63. The van der Waals surface area contributed by atoms with Gasteiger partial charge in [0.1, 0.15) is 33.5 Å². The molecular formula is C53H37BN2O3. The van der Waals surface area contributed by atoms with Gasteiger partial charge in [0.05, 0.1) is 11.2 Å². The van der Waals surface area contributed by atoms with Crippen LogP contribution in [0.1, 0.15) is 31.9 Å². The highest BCUT2D eigenvalue weighted by molar-refractivity contribution is 6.74. The summed E-state index contributed by atoms with van der Waals surface area (Å²) in [6.45, 7) is 9.03. The Bertz CT molecular complexity index is 3780. The lowest BCUT2D eigenvalue weighted by Gasteiger charge is -2.24. The number of nitrogens with zero attached hydrogens (tertiary/aromatic N) is 1. The summed E-state index contributed by atoms with van der Waals surface area (Å²) in [6.07, 6.45) is 0. The van der Waals surface area contributed by atoms with Crippen LogP contribution in [0.4, 0.5) is 11.4 Å². The summed E-state index contributed by atoms with van der Waals surface area (Å²) >= 11 is 0. The molecule has 0 spiro atoms. The van der Waals surface area contributed by atoms with Crippen LogP contribution in [0.5, 0.6) is 0 Å². The fraction of sp³-hybridized carbons (Fsp3) is 0.0943. The van der Waals surface area contributed by atoms with Gasteiger partial charge in [-0.05, 0) is 89.1 Å². The fourth-order valence-electron chi connectivity index (χ4n) is 10.0. The maximum Gasteiger partial charge on any atom is 0.198 e. The van der Waals surface area contributed by atoms with E-state index < -0.39 is 0 Å². The molecule has 0 unspecified atom stereocenters. The minimum absolute atomic E-state index is 0.0603. The van der Waals surface area contributed by atoms with Crippen molar-refractivity contribution < 1.29 is 13.3 Å². The maximum absolute atomic E-state index is 6.55. The Morgan fingerprint density at radius 1 is 0.525 bits per heavy atom. The van der Waals surface area contributed by atoms with Crippen molar-refractivity contribution in [2.24, 2.45) is 0 Å². The molecule has 1 aliphatic rings. The Kier molecular flexibility index (Phi) is 6.40. The summed E-state index contributed by atoms with van der Waals surface area (Å²) in [5.74, 6) is 0. The molecule has 5 nitrogen and oxygen atoms in total. The standard InChI is InChI=1S/C53H37BN2O3/c1-28-21-38(34-22-35-31-11-5-8-14-44(31)58-48(35)26-41(34)55-30-19-17-29(18-20-30)53(2,3)4)51-52-50(28)39-23-36-32-12-6-9-15-45(32)59-49(36)27-42(39)56(52)43-24-37-33-13-7-10-16-46(33)57-47(37)25-40(43)54-51/h5-27,54-55H,1-4H3. The first-order valence-electron chi connectivity index (χ1n) is 20.4. The summed E-state index contributed by atoms with van der Waals surface area (Å²) in [6, 6.07) is 50.1. The lowest BCUT2D eigenvalue weighted by atomic mass is 9.58. The van der Waals surface area contributed by atoms with E-state index in [1.165, 1.54) is 49.6 Å². The van der Waals surface area contributed by atoms with Crippen LogP contribution in [-0.2, 0) is 5.41 Å². The van der Waals surface area contributed by atoms with E-state index in [1.807, 2.05) is 18.2 Å². The maximum atomic E-state index is 6.55. The summed E-state index contributed by atoms with van der Waals surface area (Å²) in [4.78, 5) is 0. The van der Waals surface area contributed by atoms with Gasteiger partial charge >= 0.3 is 0 Å². The second-order valence-corrected chi connectivity index (χ2v) is 17.4. The highest BCUT2D eigenvalue weighted by Gasteiger charge is 2.30. The van der Waals surface area contributed by atoms with Gasteiger partial charge in [-0.3, -0.25) is 0 Å².